The summed E-state index contributed by atoms with van der Waals surface area (Å²) in [5.74, 6) is -0.496. The number of aromatic amines is 1. The number of amides is 2. The number of rotatable bonds is 5. The maximum Gasteiger partial charge on any atom is 0.274 e. The highest BCUT2D eigenvalue weighted by Gasteiger charge is 2.44. The van der Waals surface area contributed by atoms with Crippen molar-refractivity contribution < 1.29 is 14.0 Å². The Kier molecular flexibility index (Phi) is 4.37. The van der Waals surface area contributed by atoms with E-state index in [-0.39, 0.29) is 17.9 Å². The molecule has 2 unspecified atom stereocenters. The Balaban J connectivity index is 1.54. The van der Waals surface area contributed by atoms with Gasteiger partial charge in [0.2, 0.25) is 5.91 Å². The Hall–Kier alpha value is -1.92. The van der Waals surface area contributed by atoms with Gasteiger partial charge in [-0.05, 0) is 31.2 Å². The third-order valence-electron chi connectivity index (χ3n) is 4.83. The summed E-state index contributed by atoms with van der Waals surface area (Å²) in [6.07, 6.45) is 1.01. The van der Waals surface area contributed by atoms with Gasteiger partial charge in [0.15, 0.2) is 0 Å². The summed E-state index contributed by atoms with van der Waals surface area (Å²) in [4.78, 5) is 25.9. The fourth-order valence-corrected chi connectivity index (χ4v) is 2.89. The van der Waals surface area contributed by atoms with Gasteiger partial charge in [-0.25, -0.2) is 4.39 Å². The van der Waals surface area contributed by atoms with Crippen LogP contribution in [0.1, 0.15) is 55.2 Å². The lowest BCUT2D eigenvalue weighted by molar-refractivity contribution is -0.123. The maximum absolute atomic E-state index is 12.9. The molecule has 0 radical (unpaired) electrons. The summed E-state index contributed by atoms with van der Waals surface area (Å²) in [6.45, 7) is 5.21. The third-order valence-corrected chi connectivity index (χ3v) is 4.83. The molecule has 1 saturated carbocycles. The molecule has 1 aliphatic carbocycles. The van der Waals surface area contributed by atoms with Crippen molar-refractivity contribution in [2.24, 2.45) is 5.92 Å². The van der Waals surface area contributed by atoms with Crippen LogP contribution in [0.4, 0.5) is 4.39 Å². The van der Waals surface area contributed by atoms with E-state index in [4.69, 9.17) is 0 Å². The van der Waals surface area contributed by atoms with Gasteiger partial charge in [0.1, 0.15) is 11.9 Å². The standard InChI is InChI=1S/C16H23FN4O2/c1-3-9(2)13-7-14(20-19-13)16(23)21-5-4-10(8-21)18-15(22)11-6-12(11)17/h7,9-12H,3-6,8H2,1-2H3,(H,18,22)(H,19,20)/t9?,10?,11-,12+/m0/s1. The molecule has 2 fully saturated rings. The summed E-state index contributed by atoms with van der Waals surface area (Å²) < 4.78 is 12.9. The molecular weight excluding hydrogens is 299 g/mol. The zero-order valence-electron chi connectivity index (χ0n) is 13.5. The largest absolute Gasteiger partial charge is 0.351 e. The van der Waals surface area contributed by atoms with Gasteiger partial charge in [0, 0.05) is 24.8 Å². The van der Waals surface area contributed by atoms with Gasteiger partial charge >= 0.3 is 0 Å². The average Bonchev–Trinajstić information content (AvgIpc) is 2.98. The van der Waals surface area contributed by atoms with E-state index in [2.05, 4.69) is 29.4 Å². The van der Waals surface area contributed by atoms with Crippen molar-refractivity contribution in [3.05, 3.63) is 17.5 Å². The van der Waals surface area contributed by atoms with E-state index in [1.807, 2.05) is 0 Å². The molecule has 0 bridgehead atoms. The molecule has 2 amide bonds. The lowest BCUT2D eigenvalue weighted by Gasteiger charge is -2.16. The second-order valence-corrected chi connectivity index (χ2v) is 6.62. The summed E-state index contributed by atoms with van der Waals surface area (Å²) in [5, 5.41) is 9.87. The third kappa shape index (κ3) is 3.38. The highest BCUT2D eigenvalue weighted by atomic mass is 19.1. The molecule has 2 N–H and O–H groups in total. The normalized spacial score (nSPS) is 27.8. The number of nitrogens with zero attached hydrogens (tertiary/aromatic N) is 2. The minimum atomic E-state index is -0.989. The molecule has 2 heterocycles. The minimum absolute atomic E-state index is 0.0905. The molecule has 1 saturated heterocycles. The molecule has 1 aromatic heterocycles. The molecular formula is C16H23FN4O2. The van der Waals surface area contributed by atoms with Gasteiger partial charge in [0.25, 0.3) is 5.91 Å². The molecule has 0 aromatic carbocycles. The molecule has 3 rings (SSSR count). The van der Waals surface area contributed by atoms with E-state index < -0.39 is 12.1 Å². The van der Waals surface area contributed by atoms with Crippen molar-refractivity contribution in [3.63, 3.8) is 0 Å². The van der Waals surface area contributed by atoms with Crippen molar-refractivity contribution >= 4 is 11.8 Å². The topological polar surface area (TPSA) is 78.1 Å². The molecule has 1 aliphatic heterocycles. The fourth-order valence-electron chi connectivity index (χ4n) is 2.89. The Labute approximate surface area is 134 Å². The highest BCUT2D eigenvalue weighted by molar-refractivity contribution is 5.92. The minimum Gasteiger partial charge on any atom is -0.351 e. The van der Waals surface area contributed by atoms with Gasteiger partial charge in [-0.3, -0.25) is 14.7 Å². The zero-order valence-corrected chi connectivity index (χ0v) is 13.5. The predicted molar refractivity (Wildman–Crippen MR) is 82.7 cm³/mol. The van der Waals surface area contributed by atoms with Crippen molar-refractivity contribution in [2.75, 3.05) is 13.1 Å². The average molecular weight is 322 g/mol. The zero-order chi connectivity index (χ0) is 16.6. The molecule has 126 valence electrons. The van der Waals surface area contributed by atoms with Gasteiger partial charge < -0.3 is 10.2 Å². The summed E-state index contributed by atoms with van der Waals surface area (Å²) >= 11 is 0. The van der Waals surface area contributed by atoms with Crippen molar-refractivity contribution in [2.45, 2.75) is 51.2 Å². The molecule has 7 heteroatoms. The first kappa shape index (κ1) is 16.0. The highest BCUT2D eigenvalue weighted by Crippen LogP contribution is 2.34. The lowest BCUT2D eigenvalue weighted by atomic mass is 10.1. The number of hydrogen-bond acceptors (Lipinski definition) is 3. The molecule has 2 aliphatic rings. The van der Waals surface area contributed by atoms with Crippen LogP contribution in [0.15, 0.2) is 6.07 Å². The lowest BCUT2D eigenvalue weighted by Crippen LogP contribution is -2.39. The van der Waals surface area contributed by atoms with Crippen LogP contribution in [0.3, 0.4) is 0 Å². The van der Waals surface area contributed by atoms with Gasteiger partial charge in [-0.2, -0.15) is 5.10 Å². The van der Waals surface area contributed by atoms with Crippen LogP contribution in [0, 0.1) is 5.92 Å². The van der Waals surface area contributed by atoms with E-state index in [9.17, 15) is 14.0 Å². The Bertz CT molecular complexity index is 603. The Morgan fingerprint density at radius 3 is 2.96 bits per heavy atom. The van der Waals surface area contributed by atoms with E-state index in [0.29, 0.717) is 37.5 Å². The number of likely N-dealkylation sites (tertiary alicyclic amines) is 1. The number of hydrogen-bond donors (Lipinski definition) is 2. The number of alkyl halides is 1. The molecule has 23 heavy (non-hydrogen) atoms. The number of carbonyl (C=O) groups is 2. The quantitative estimate of drug-likeness (QED) is 0.864. The number of nitrogens with one attached hydrogen (secondary N) is 2. The van der Waals surface area contributed by atoms with E-state index in [1.165, 1.54) is 0 Å². The molecule has 1 aromatic rings. The van der Waals surface area contributed by atoms with Crippen molar-refractivity contribution in [1.29, 1.82) is 0 Å². The van der Waals surface area contributed by atoms with Crippen LogP contribution in [-0.4, -0.2) is 52.2 Å². The Morgan fingerprint density at radius 1 is 1.57 bits per heavy atom. The molecule has 6 nitrogen and oxygen atoms in total. The Morgan fingerprint density at radius 2 is 2.30 bits per heavy atom. The fraction of sp³-hybridized carbons (Fsp3) is 0.688. The van der Waals surface area contributed by atoms with Crippen LogP contribution in [0.25, 0.3) is 0 Å². The second kappa shape index (κ2) is 6.29. The summed E-state index contributed by atoms with van der Waals surface area (Å²) in [6, 6.07) is 1.72. The van der Waals surface area contributed by atoms with Crippen LogP contribution in [0.5, 0.6) is 0 Å². The van der Waals surface area contributed by atoms with Crippen LogP contribution < -0.4 is 5.32 Å². The number of carbonyl (C=O) groups excluding carboxylic acids is 2. The first-order chi connectivity index (χ1) is 11.0. The van der Waals surface area contributed by atoms with Crippen molar-refractivity contribution in [3.8, 4) is 0 Å². The first-order valence-corrected chi connectivity index (χ1v) is 8.28. The van der Waals surface area contributed by atoms with E-state index in [0.717, 1.165) is 12.1 Å². The van der Waals surface area contributed by atoms with Gasteiger partial charge in [0.05, 0.1) is 5.92 Å². The maximum atomic E-state index is 12.9. The monoisotopic (exact) mass is 322 g/mol. The SMILES string of the molecule is CCC(C)c1cc(C(=O)N2CCC(NC(=O)[C@H]3C[C@H]3F)C2)n[nH]1. The molecule has 4 atom stereocenters. The van der Waals surface area contributed by atoms with Gasteiger partial charge in [-0.1, -0.05) is 13.8 Å². The van der Waals surface area contributed by atoms with E-state index >= 15 is 0 Å². The number of H-pyrrole nitrogens is 1. The van der Waals surface area contributed by atoms with E-state index in [1.54, 1.807) is 11.0 Å². The van der Waals surface area contributed by atoms with Crippen LogP contribution >= 0.6 is 0 Å². The smallest absolute Gasteiger partial charge is 0.274 e. The molecule has 0 spiro atoms. The number of halogens is 1. The van der Waals surface area contributed by atoms with Crippen LogP contribution in [0.2, 0.25) is 0 Å². The van der Waals surface area contributed by atoms with Gasteiger partial charge in [-0.15, -0.1) is 0 Å². The van der Waals surface area contributed by atoms with Crippen molar-refractivity contribution in [1.82, 2.24) is 20.4 Å². The second-order valence-electron chi connectivity index (χ2n) is 6.62. The van der Waals surface area contributed by atoms with Crippen LogP contribution in [-0.2, 0) is 4.79 Å². The summed E-state index contributed by atoms with van der Waals surface area (Å²) in [5.41, 5.74) is 1.38. The first-order valence-electron chi connectivity index (χ1n) is 8.28. The predicted octanol–water partition coefficient (Wildman–Crippen LogP) is 1.61. The number of aromatic nitrogens is 2. The summed E-state index contributed by atoms with van der Waals surface area (Å²) in [7, 11) is 0.